The van der Waals surface area contributed by atoms with Crippen molar-refractivity contribution in [3.05, 3.63) is 46.6 Å². The number of anilines is 1. The molecule has 0 unspecified atom stereocenters. The Morgan fingerprint density at radius 2 is 2.00 bits per heavy atom. The molecule has 0 saturated carbocycles. The van der Waals surface area contributed by atoms with Crippen LogP contribution in [0.2, 0.25) is 5.02 Å². The van der Waals surface area contributed by atoms with Gasteiger partial charge in [0.25, 0.3) is 11.8 Å². The van der Waals surface area contributed by atoms with Gasteiger partial charge in [0.05, 0.1) is 17.7 Å². The first-order chi connectivity index (χ1) is 14.1. The summed E-state index contributed by atoms with van der Waals surface area (Å²) >= 11 is 6.08. The van der Waals surface area contributed by atoms with E-state index in [4.69, 9.17) is 26.8 Å². The molecule has 0 saturated heterocycles. The van der Waals surface area contributed by atoms with Gasteiger partial charge in [-0.05, 0) is 24.3 Å². The maximum atomic E-state index is 12.9. The first-order valence-electron chi connectivity index (χ1n) is 8.46. The second kappa shape index (κ2) is 10.0. The summed E-state index contributed by atoms with van der Waals surface area (Å²) < 4.78 is 49.1. The van der Waals surface area contributed by atoms with E-state index in [-0.39, 0.29) is 41.0 Å². The minimum atomic E-state index is -4.55. The average Bonchev–Trinajstić information content (AvgIpc) is 2.68. The molecule has 2 rings (SSSR count). The summed E-state index contributed by atoms with van der Waals surface area (Å²) in [6, 6.07) is 4.73. The van der Waals surface area contributed by atoms with E-state index >= 15 is 0 Å². The number of hydrogen-bond donors (Lipinski definition) is 3. The SMILES string of the molecule is COc1cc(C(=O)NCCNc2ncccc2C(F)(F)F)cc(Cl)c1OCC(N)=O. The molecular formula is C18H18ClF3N4O4. The molecule has 1 aromatic carbocycles. The summed E-state index contributed by atoms with van der Waals surface area (Å²) in [7, 11) is 1.32. The van der Waals surface area contributed by atoms with Gasteiger partial charge in [0.1, 0.15) is 5.82 Å². The van der Waals surface area contributed by atoms with E-state index in [2.05, 4.69) is 15.6 Å². The van der Waals surface area contributed by atoms with Crippen molar-refractivity contribution in [3.8, 4) is 11.5 Å². The molecule has 1 aromatic heterocycles. The van der Waals surface area contributed by atoms with E-state index < -0.39 is 30.2 Å². The van der Waals surface area contributed by atoms with Crippen molar-refractivity contribution in [2.45, 2.75) is 6.18 Å². The number of methoxy groups -OCH3 is 1. The predicted molar refractivity (Wildman–Crippen MR) is 103 cm³/mol. The number of nitrogens with one attached hydrogen (secondary N) is 2. The van der Waals surface area contributed by atoms with Crippen LogP contribution in [0.3, 0.4) is 0 Å². The Morgan fingerprint density at radius 1 is 1.27 bits per heavy atom. The third-order valence-corrected chi connectivity index (χ3v) is 3.95. The van der Waals surface area contributed by atoms with Gasteiger partial charge in [-0.1, -0.05) is 11.6 Å². The van der Waals surface area contributed by atoms with Crippen molar-refractivity contribution >= 4 is 29.2 Å². The zero-order chi connectivity index (χ0) is 22.3. The summed E-state index contributed by atoms with van der Waals surface area (Å²) in [5.74, 6) is -1.44. The Bertz CT molecular complexity index is 925. The van der Waals surface area contributed by atoms with Gasteiger partial charge >= 0.3 is 6.18 Å². The van der Waals surface area contributed by atoms with Crippen LogP contribution in [-0.4, -0.2) is 43.6 Å². The standard InChI is InChI=1S/C18H18ClF3N4O4/c1-29-13-8-10(7-12(19)15(13)30-9-14(23)27)17(28)26-6-5-25-16-11(18(20,21)22)3-2-4-24-16/h2-4,7-8H,5-6,9H2,1H3,(H2,23,27)(H,24,25)(H,26,28). The first kappa shape index (κ1) is 23.1. The fourth-order valence-corrected chi connectivity index (χ4v) is 2.63. The third-order valence-electron chi connectivity index (χ3n) is 3.67. The number of amides is 2. The number of rotatable bonds is 9. The van der Waals surface area contributed by atoms with Gasteiger partial charge < -0.3 is 25.8 Å². The van der Waals surface area contributed by atoms with Crippen molar-refractivity contribution in [1.82, 2.24) is 10.3 Å². The second-order valence-corrected chi connectivity index (χ2v) is 6.23. The lowest BCUT2D eigenvalue weighted by Gasteiger charge is -2.14. The molecule has 162 valence electrons. The van der Waals surface area contributed by atoms with Crippen molar-refractivity contribution in [2.75, 3.05) is 32.1 Å². The zero-order valence-electron chi connectivity index (χ0n) is 15.7. The van der Waals surface area contributed by atoms with Gasteiger partial charge in [0.15, 0.2) is 18.1 Å². The summed E-state index contributed by atoms with van der Waals surface area (Å²) in [4.78, 5) is 26.8. The highest BCUT2D eigenvalue weighted by Crippen LogP contribution is 2.36. The molecule has 30 heavy (non-hydrogen) atoms. The molecule has 0 bridgehead atoms. The molecule has 4 N–H and O–H groups in total. The number of pyridine rings is 1. The molecule has 0 aliphatic carbocycles. The lowest BCUT2D eigenvalue weighted by Crippen LogP contribution is -2.29. The van der Waals surface area contributed by atoms with Crippen molar-refractivity contribution < 1.29 is 32.2 Å². The van der Waals surface area contributed by atoms with E-state index in [0.717, 1.165) is 6.07 Å². The molecule has 0 spiro atoms. The minimum Gasteiger partial charge on any atom is -0.493 e. The third kappa shape index (κ3) is 6.14. The number of primary amides is 1. The van der Waals surface area contributed by atoms with E-state index in [9.17, 15) is 22.8 Å². The van der Waals surface area contributed by atoms with Crippen LogP contribution in [0.1, 0.15) is 15.9 Å². The summed E-state index contributed by atoms with van der Waals surface area (Å²) in [6.45, 7) is -0.427. The molecule has 0 fully saturated rings. The van der Waals surface area contributed by atoms with Gasteiger partial charge in [-0.25, -0.2) is 4.98 Å². The number of nitrogens with two attached hydrogens (primary N) is 1. The number of benzene rings is 1. The number of carbonyl (C=O) groups is 2. The highest BCUT2D eigenvalue weighted by Gasteiger charge is 2.33. The van der Waals surface area contributed by atoms with Crippen LogP contribution in [0.25, 0.3) is 0 Å². The highest BCUT2D eigenvalue weighted by molar-refractivity contribution is 6.32. The number of alkyl halides is 3. The maximum absolute atomic E-state index is 12.9. The topological polar surface area (TPSA) is 116 Å². The summed E-state index contributed by atoms with van der Waals surface area (Å²) in [5, 5.41) is 5.09. The number of nitrogens with zero attached hydrogens (tertiary/aromatic N) is 1. The minimum absolute atomic E-state index is 0.00347. The molecule has 0 atom stereocenters. The number of carbonyl (C=O) groups excluding carboxylic acids is 2. The normalized spacial score (nSPS) is 11.0. The maximum Gasteiger partial charge on any atom is 0.419 e. The second-order valence-electron chi connectivity index (χ2n) is 5.82. The fourth-order valence-electron chi connectivity index (χ4n) is 2.37. The molecule has 12 heteroatoms. The van der Waals surface area contributed by atoms with Crippen LogP contribution in [-0.2, 0) is 11.0 Å². The van der Waals surface area contributed by atoms with Crippen LogP contribution in [0, 0.1) is 0 Å². The Hall–Kier alpha value is -3.21. The summed E-state index contributed by atoms with van der Waals surface area (Å²) in [5.41, 5.74) is 4.24. The largest absolute Gasteiger partial charge is 0.493 e. The van der Waals surface area contributed by atoms with Crippen LogP contribution >= 0.6 is 11.6 Å². The molecular weight excluding hydrogens is 429 g/mol. The van der Waals surface area contributed by atoms with Gasteiger partial charge in [0.2, 0.25) is 0 Å². The Kier molecular flexibility index (Phi) is 7.70. The lowest BCUT2D eigenvalue weighted by molar-refractivity contribution is -0.137. The quantitative estimate of drug-likeness (QED) is 0.510. The first-order valence-corrected chi connectivity index (χ1v) is 8.84. The number of hydrogen-bond acceptors (Lipinski definition) is 6. The monoisotopic (exact) mass is 446 g/mol. The van der Waals surface area contributed by atoms with Gasteiger partial charge in [-0.15, -0.1) is 0 Å². The van der Waals surface area contributed by atoms with E-state index in [1.54, 1.807) is 0 Å². The van der Waals surface area contributed by atoms with Crippen LogP contribution in [0.4, 0.5) is 19.0 Å². The lowest BCUT2D eigenvalue weighted by atomic mass is 10.2. The summed E-state index contributed by atoms with van der Waals surface area (Å²) in [6.07, 6.45) is -3.32. The Labute approximate surface area is 174 Å². The smallest absolute Gasteiger partial charge is 0.419 e. The molecule has 2 aromatic rings. The highest BCUT2D eigenvalue weighted by atomic mass is 35.5. The van der Waals surface area contributed by atoms with Gasteiger partial charge in [0, 0.05) is 24.8 Å². The average molecular weight is 447 g/mol. The van der Waals surface area contributed by atoms with Crippen molar-refractivity contribution in [1.29, 1.82) is 0 Å². The molecule has 0 aliphatic rings. The van der Waals surface area contributed by atoms with E-state index in [1.807, 2.05) is 0 Å². The van der Waals surface area contributed by atoms with Crippen molar-refractivity contribution in [3.63, 3.8) is 0 Å². The van der Waals surface area contributed by atoms with Crippen LogP contribution in [0.15, 0.2) is 30.5 Å². The predicted octanol–water partition coefficient (Wildman–Crippen LogP) is 2.47. The molecule has 8 nitrogen and oxygen atoms in total. The number of aromatic nitrogens is 1. The zero-order valence-corrected chi connectivity index (χ0v) is 16.4. The van der Waals surface area contributed by atoms with Crippen LogP contribution < -0.4 is 25.8 Å². The number of ether oxygens (including phenoxy) is 2. The number of halogens is 4. The van der Waals surface area contributed by atoms with Gasteiger partial charge in [-0.3, -0.25) is 9.59 Å². The molecule has 2 amide bonds. The van der Waals surface area contributed by atoms with Gasteiger partial charge in [-0.2, -0.15) is 13.2 Å². The van der Waals surface area contributed by atoms with E-state index in [0.29, 0.717) is 0 Å². The van der Waals surface area contributed by atoms with E-state index in [1.165, 1.54) is 31.5 Å². The molecule has 0 aliphatic heterocycles. The molecule has 0 radical (unpaired) electrons. The van der Waals surface area contributed by atoms with Crippen LogP contribution in [0.5, 0.6) is 11.5 Å². The Morgan fingerprint density at radius 3 is 2.63 bits per heavy atom. The Balaban J connectivity index is 1.99. The fraction of sp³-hybridized carbons (Fsp3) is 0.278. The molecule has 1 heterocycles. The van der Waals surface area contributed by atoms with Crippen molar-refractivity contribution in [2.24, 2.45) is 5.73 Å².